The molecule has 0 bridgehead atoms. The summed E-state index contributed by atoms with van der Waals surface area (Å²) in [6.45, 7) is 0. The lowest BCUT2D eigenvalue weighted by Gasteiger charge is -2.24. The second kappa shape index (κ2) is 8.34. The third kappa shape index (κ3) is 3.77. The number of nitro groups is 2. The maximum Gasteiger partial charge on any atom is 0.338 e. The van der Waals surface area contributed by atoms with Crippen LogP contribution in [-0.4, -0.2) is 22.9 Å². The third-order valence-electron chi connectivity index (χ3n) is 4.58. The van der Waals surface area contributed by atoms with Gasteiger partial charge in [-0.2, -0.15) is 5.26 Å². The molecule has 1 aliphatic rings. The van der Waals surface area contributed by atoms with Crippen molar-refractivity contribution in [2.45, 2.75) is 5.92 Å². The van der Waals surface area contributed by atoms with Crippen molar-refractivity contribution in [1.29, 1.82) is 5.26 Å². The Bertz CT molecular complexity index is 1210. The molecule has 0 radical (unpaired) electrons. The van der Waals surface area contributed by atoms with Gasteiger partial charge in [-0.05, 0) is 11.6 Å². The second-order valence-electron chi connectivity index (χ2n) is 6.29. The zero-order chi connectivity index (χ0) is 22.7. The summed E-state index contributed by atoms with van der Waals surface area (Å²) in [6, 6.07) is 12.7. The molecule has 156 valence electrons. The molecule has 0 amide bonds. The van der Waals surface area contributed by atoms with E-state index < -0.39 is 33.3 Å². The fourth-order valence-corrected chi connectivity index (χ4v) is 3.24. The van der Waals surface area contributed by atoms with E-state index in [0.29, 0.717) is 0 Å². The molecule has 2 N–H and O–H groups in total. The van der Waals surface area contributed by atoms with Gasteiger partial charge >= 0.3 is 11.7 Å². The third-order valence-corrected chi connectivity index (χ3v) is 4.58. The van der Waals surface area contributed by atoms with Gasteiger partial charge in [-0.15, -0.1) is 0 Å². The number of ether oxygens (including phenoxy) is 2. The van der Waals surface area contributed by atoms with Crippen molar-refractivity contribution in [3.05, 3.63) is 103 Å². The largest absolute Gasteiger partial charge is 0.465 e. The summed E-state index contributed by atoms with van der Waals surface area (Å²) < 4.78 is 10.2. The fraction of sp³-hybridized carbons (Fsp3) is 0.100. The van der Waals surface area contributed by atoms with Crippen LogP contribution in [0.15, 0.2) is 65.7 Å². The first-order chi connectivity index (χ1) is 14.8. The number of rotatable bonds is 5. The van der Waals surface area contributed by atoms with Crippen LogP contribution in [0.2, 0.25) is 0 Å². The molecule has 0 saturated heterocycles. The summed E-state index contributed by atoms with van der Waals surface area (Å²) in [5, 5.41) is 32.9. The molecular weight excluding hydrogens is 408 g/mol. The Labute approximate surface area is 174 Å². The van der Waals surface area contributed by atoms with Gasteiger partial charge in [0, 0.05) is 17.7 Å². The number of nitro benzene ring substituents is 1. The number of carbonyl (C=O) groups excluding carboxylic acids is 1. The van der Waals surface area contributed by atoms with Gasteiger partial charge in [-0.3, -0.25) is 20.2 Å². The van der Waals surface area contributed by atoms with Crippen molar-refractivity contribution in [2.75, 3.05) is 7.11 Å². The Balaban J connectivity index is 2.34. The summed E-state index contributed by atoms with van der Waals surface area (Å²) in [6.07, 6.45) is 0. The minimum Gasteiger partial charge on any atom is -0.465 e. The van der Waals surface area contributed by atoms with Gasteiger partial charge in [-0.25, -0.2) is 4.79 Å². The number of benzene rings is 2. The van der Waals surface area contributed by atoms with Crippen molar-refractivity contribution in [3.63, 3.8) is 0 Å². The smallest absolute Gasteiger partial charge is 0.338 e. The van der Waals surface area contributed by atoms with Crippen LogP contribution in [0.4, 0.5) is 5.69 Å². The summed E-state index contributed by atoms with van der Waals surface area (Å²) in [5.74, 6) is -2.91. The zero-order valence-corrected chi connectivity index (χ0v) is 16.0. The lowest BCUT2D eigenvalue weighted by molar-refractivity contribution is -0.429. The second-order valence-corrected chi connectivity index (χ2v) is 6.29. The first-order valence-electron chi connectivity index (χ1n) is 8.68. The molecule has 1 atom stereocenters. The minimum atomic E-state index is -1.37. The summed E-state index contributed by atoms with van der Waals surface area (Å²) in [7, 11) is 1.15. The van der Waals surface area contributed by atoms with Crippen LogP contribution < -0.4 is 5.73 Å². The molecule has 0 aromatic heterocycles. The molecule has 0 saturated carbocycles. The Morgan fingerprint density at radius 2 is 1.87 bits per heavy atom. The van der Waals surface area contributed by atoms with Crippen molar-refractivity contribution in [2.24, 2.45) is 5.73 Å². The Kier molecular flexibility index (Phi) is 5.65. The van der Waals surface area contributed by atoms with Crippen molar-refractivity contribution in [3.8, 4) is 6.07 Å². The van der Waals surface area contributed by atoms with Gasteiger partial charge in [-0.1, -0.05) is 30.3 Å². The lowest BCUT2D eigenvalue weighted by atomic mass is 9.85. The van der Waals surface area contributed by atoms with Crippen LogP contribution in [0.3, 0.4) is 0 Å². The van der Waals surface area contributed by atoms with E-state index in [4.69, 9.17) is 15.2 Å². The number of hydrogen-bond acceptors (Lipinski definition) is 9. The van der Waals surface area contributed by atoms with Crippen molar-refractivity contribution < 1.29 is 24.1 Å². The van der Waals surface area contributed by atoms with Gasteiger partial charge in [0.1, 0.15) is 17.6 Å². The molecule has 1 unspecified atom stereocenters. The van der Waals surface area contributed by atoms with Crippen LogP contribution in [0.25, 0.3) is 5.76 Å². The number of hydrogen-bond donors (Lipinski definition) is 1. The Morgan fingerprint density at radius 1 is 1.16 bits per heavy atom. The van der Waals surface area contributed by atoms with Crippen LogP contribution in [-0.2, 0) is 9.47 Å². The molecule has 3 rings (SSSR count). The molecule has 11 heteroatoms. The molecule has 2 aromatic carbocycles. The van der Waals surface area contributed by atoms with Gasteiger partial charge in [0.25, 0.3) is 5.69 Å². The van der Waals surface area contributed by atoms with Gasteiger partial charge in [0.2, 0.25) is 11.6 Å². The lowest BCUT2D eigenvalue weighted by Crippen LogP contribution is -2.25. The predicted molar refractivity (Wildman–Crippen MR) is 105 cm³/mol. The topological polar surface area (TPSA) is 172 Å². The number of methoxy groups -OCH3 is 1. The average molecular weight is 422 g/mol. The van der Waals surface area contributed by atoms with E-state index in [1.54, 1.807) is 6.07 Å². The van der Waals surface area contributed by atoms with Crippen LogP contribution in [0.5, 0.6) is 0 Å². The number of allylic oxidation sites excluding steroid dienone is 1. The summed E-state index contributed by atoms with van der Waals surface area (Å²) >= 11 is 0. The van der Waals surface area contributed by atoms with Crippen LogP contribution >= 0.6 is 0 Å². The highest BCUT2D eigenvalue weighted by molar-refractivity contribution is 5.95. The highest BCUT2D eigenvalue weighted by Gasteiger charge is 2.42. The highest BCUT2D eigenvalue weighted by Crippen LogP contribution is 2.43. The predicted octanol–water partition coefficient (Wildman–Crippen LogP) is 2.83. The molecule has 0 aliphatic carbocycles. The van der Waals surface area contributed by atoms with Crippen LogP contribution in [0.1, 0.15) is 27.4 Å². The normalized spacial score (nSPS) is 15.7. The monoisotopic (exact) mass is 422 g/mol. The SMILES string of the molecule is COC(=O)c1ccccc1C1=C([N+](=O)[O-])C(c2cccc([N+](=O)[O-])c2)C(C#N)=C(N)O1. The number of esters is 1. The molecule has 1 aliphatic heterocycles. The van der Waals surface area contributed by atoms with E-state index in [-0.39, 0.29) is 33.7 Å². The van der Waals surface area contributed by atoms with E-state index in [9.17, 15) is 30.3 Å². The molecule has 1 heterocycles. The van der Waals surface area contributed by atoms with Crippen molar-refractivity contribution in [1.82, 2.24) is 0 Å². The number of carbonyl (C=O) groups is 1. The molecule has 0 fully saturated rings. The quantitative estimate of drug-likeness (QED) is 0.432. The maximum absolute atomic E-state index is 12.2. The van der Waals surface area contributed by atoms with Gasteiger partial charge in [0.15, 0.2) is 0 Å². The van der Waals surface area contributed by atoms with E-state index in [1.165, 1.54) is 42.5 Å². The maximum atomic E-state index is 12.2. The summed E-state index contributed by atoms with van der Waals surface area (Å²) in [4.78, 5) is 34.0. The van der Waals surface area contributed by atoms with Gasteiger partial charge in [0.05, 0.1) is 22.5 Å². The van der Waals surface area contributed by atoms with E-state index in [2.05, 4.69) is 0 Å². The van der Waals surface area contributed by atoms with Gasteiger partial charge < -0.3 is 15.2 Å². The molecule has 31 heavy (non-hydrogen) atoms. The summed E-state index contributed by atoms with van der Waals surface area (Å²) in [5.41, 5.74) is 4.79. The fourth-order valence-electron chi connectivity index (χ4n) is 3.24. The van der Waals surface area contributed by atoms with Crippen molar-refractivity contribution >= 4 is 17.4 Å². The van der Waals surface area contributed by atoms with E-state index in [0.717, 1.165) is 13.2 Å². The van der Waals surface area contributed by atoms with Crippen LogP contribution in [0, 0.1) is 31.6 Å². The Morgan fingerprint density at radius 3 is 2.48 bits per heavy atom. The number of nitrogens with two attached hydrogens (primary N) is 1. The standard InChI is InChI=1S/C20H14N4O7/c1-30-20(25)14-8-3-2-7-13(14)18-17(24(28)29)16(15(10-21)19(22)31-18)11-5-4-6-12(9-11)23(26)27/h2-9,16H,22H2,1H3. The molecule has 2 aromatic rings. The first kappa shape index (κ1) is 21.0. The number of non-ortho nitro benzene ring substituents is 1. The average Bonchev–Trinajstić information content (AvgIpc) is 2.77. The highest BCUT2D eigenvalue weighted by atomic mass is 16.6. The molecule has 0 spiro atoms. The zero-order valence-electron chi connectivity index (χ0n) is 16.0. The molecular formula is C20H14N4O7. The number of nitrogens with zero attached hydrogens (tertiary/aromatic N) is 3. The Hall–Kier alpha value is -4.72. The van der Waals surface area contributed by atoms with E-state index >= 15 is 0 Å². The molecule has 11 nitrogen and oxygen atoms in total. The van der Waals surface area contributed by atoms with E-state index in [1.807, 2.05) is 0 Å². The number of nitriles is 1. The minimum absolute atomic E-state index is 0.0228. The first-order valence-corrected chi connectivity index (χ1v) is 8.68.